The Balaban J connectivity index is 1.98. The number of aromatic nitrogens is 1. The first kappa shape index (κ1) is 25.7. The van der Waals surface area contributed by atoms with Crippen molar-refractivity contribution in [1.82, 2.24) is 4.57 Å². The molecule has 3 aromatic rings. The number of carbonyl (C=O) groups is 1. The van der Waals surface area contributed by atoms with Crippen LogP contribution in [0.4, 0.5) is 0 Å². The first-order chi connectivity index (χ1) is 17.2. The fourth-order valence-electron chi connectivity index (χ4n) is 4.11. The van der Waals surface area contributed by atoms with Gasteiger partial charge in [-0.2, -0.15) is 0 Å². The number of thiazole rings is 1. The predicted octanol–water partition coefficient (Wildman–Crippen LogP) is 4.25. The Labute approximate surface area is 217 Å². The van der Waals surface area contributed by atoms with Crippen LogP contribution in [0.5, 0.6) is 11.5 Å². The van der Waals surface area contributed by atoms with Crippen LogP contribution in [0, 0.1) is 0 Å². The number of ether oxygens (including phenoxy) is 3. The van der Waals surface area contributed by atoms with Gasteiger partial charge in [0.25, 0.3) is 5.56 Å². The van der Waals surface area contributed by atoms with Gasteiger partial charge in [-0.05, 0) is 58.0 Å². The summed E-state index contributed by atoms with van der Waals surface area (Å²) in [4.78, 5) is 32.0. The molecule has 0 bridgehead atoms. The van der Waals surface area contributed by atoms with Gasteiger partial charge in [-0.25, -0.2) is 9.79 Å². The Bertz CT molecular complexity index is 1520. The van der Waals surface area contributed by atoms with Gasteiger partial charge in [0.15, 0.2) is 4.80 Å². The van der Waals surface area contributed by atoms with Crippen molar-refractivity contribution in [2.75, 3.05) is 13.7 Å². The maximum absolute atomic E-state index is 13.8. The largest absolute Gasteiger partial charge is 0.496 e. The molecule has 1 atom stereocenters. The van der Waals surface area contributed by atoms with Crippen molar-refractivity contribution in [2.24, 2.45) is 4.99 Å². The minimum atomic E-state index is -0.760. The van der Waals surface area contributed by atoms with Gasteiger partial charge in [-0.1, -0.05) is 41.1 Å². The van der Waals surface area contributed by atoms with Crippen molar-refractivity contribution in [3.05, 3.63) is 89.6 Å². The number of methoxy groups -OCH3 is 1. The first-order valence-electron chi connectivity index (χ1n) is 11.5. The lowest BCUT2D eigenvalue weighted by atomic mass is 9.95. The molecule has 36 heavy (non-hydrogen) atoms. The number of esters is 1. The smallest absolute Gasteiger partial charge is 0.338 e. The molecule has 2 aromatic carbocycles. The second-order valence-electron chi connectivity index (χ2n) is 8.39. The maximum Gasteiger partial charge on any atom is 0.338 e. The van der Waals surface area contributed by atoms with E-state index in [9.17, 15) is 9.59 Å². The Kier molecular flexibility index (Phi) is 7.66. The van der Waals surface area contributed by atoms with Crippen LogP contribution < -0.4 is 24.4 Å². The molecule has 7 nitrogen and oxygen atoms in total. The molecule has 0 saturated heterocycles. The topological polar surface area (TPSA) is 79.1 Å². The van der Waals surface area contributed by atoms with Crippen molar-refractivity contribution in [3.8, 4) is 11.5 Å². The second kappa shape index (κ2) is 10.7. The Morgan fingerprint density at radius 1 is 1.22 bits per heavy atom. The van der Waals surface area contributed by atoms with Crippen molar-refractivity contribution >= 4 is 35.0 Å². The van der Waals surface area contributed by atoms with Crippen LogP contribution in [-0.2, 0) is 9.53 Å². The predicted molar refractivity (Wildman–Crippen MR) is 141 cm³/mol. The summed E-state index contributed by atoms with van der Waals surface area (Å²) in [5, 5.41) is 0.525. The normalized spacial score (nSPS) is 15.5. The Hall–Kier alpha value is -3.36. The summed E-state index contributed by atoms with van der Waals surface area (Å²) in [7, 11) is 1.55. The molecule has 0 spiro atoms. The van der Waals surface area contributed by atoms with Crippen LogP contribution in [0.2, 0.25) is 5.02 Å². The average molecular weight is 527 g/mol. The van der Waals surface area contributed by atoms with E-state index >= 15 is 0 Å². The number of rotatable bonds is 7. The molecule has 4 rings (SSSR count). The third kappa shape index (κ3) is 4.96. The van der Waals surface area contributed by atoms with E-state index in [1.54, 1.807) is 51.3 Å². The van der Waals surface area contributed by atoms with Crippen molar-refractivity contribution in [1.29, 1.82) is 0 Å². The van der Waals surface area contributed by atoms with E-state index in [0.717, 1.165) is 0 Å². The molecule has 0 aliphatic carbocycles. The van der Waals surface area contributed by atoms with Crippen LogP contribution in [0.3, 0.4) is 0 Å². The minimum absolute atomic E-state index is 0.0557. The van der Waals surface area contributed by atoms with Crippen LogP contribution in [0.1, 0.15) is 44.9 Å². The highest BCUT2D eigenvalue weighted by Crippen LogP contribution is 2.35. The van der Waals surface area contributed by atoms with Crippen molar-refractivity contribution in [3.63, 3.8) is 0 Å². The van der Waals surface area contributed by atoms with Crippen molar-refractivity contribution < 1.29 is 19.0 Å². The molecule has 0 fully saturated rings. The number of benzene rings is 2. The van der Waals surface area contributed by atoms with Gasteiger partial charge in [0.1, 0.15) is 17.5 Å². The van der Waals surface area contributed by atoms with E-state index < -0.39 is 12.0 Å². The molecular weight excluding hydrogens is 500 g/mol. The molecule has 0 radical (unpaired) electrons. The van der Waals surface area contributed by atoms with Crippen molar-refractivity contribution in [2.45, 2.75) is 39.8 Å². The van der Waals surface area contributed by atoms with Crippen LogP contribution in [0.15, 0.2) is 63.5 Å². The third-order valence-corrected chi connectivity index (χ3v) is 6.79. The van der Waals surface area contributed by atoms with Gasteiger partial charge in [0.05, 0.1) is 35.6 Å². The molecule has 9 heteroatoms. The molecule has 1 aliphatic rings. The number of nitrogens with zero attached hydrogens (tertiary/aromatic N) is 2. The molecule has 0 saturated carbocycles. The fraction of sp³-hybridized carbons (Fsp3) is 0.296. The number of allylic oxidation sites excluding steroid dienone is 1. The Morgan fingerprint density at radius 2 is 1.97 bits per heavy atom. The molecule has 1 aliphatic heterocycles. The zero-order valence-corrected chi connectivity index (χ0v) is 22.3. The molecule has 188 valence electrons. The molecule has 1 aromatic heterocycles. The summed E-state index contributed by atoms with van der Waals surface area (Å²) in [5.74, 6) is 0.646. The lowest BCUT2D eigenvalue weighted by Crippen LogP contribution is -2.40. The van der Waals surface area contributed by atoms with E-state index in [-0.39, 0.29) is 18.3 Å². The van der Waals surface area contributed by atoms with Crippen LogP contribution >= 0.6 is 22.9 Å². The third-order valence-electron chi connectivity index (χ3n) is 5.57. The highest BCUT2D eigenvalue weighted by Gasteiger charge is 2.35. The standard InChI is InChI=1S/C27H27ClN2O5S/c1-6-34-26(32)23-16(4)29-27-30(24(23)19-9-7-8-10-21(19)33-5)25(31)22(36-27)14-17-13-18(28)11-12-20(17)35-15(2)3/h7-15,24H,6H2,1-5H3/b22-14+/t24-/m0/s1. The van der Waals surface area contributed by atoms with Gasteiger partial charge in [-0.3, -0.25) is 9.36 Å². The SMILES string of the molecule is CCOC(=O)C1=C(C)N=c2s/c(=C/c3cc(Cl)ccc3OC(C)C)c(=O)n2[C@H]1c1ccccc1OC. The number of hydrogen-bond donors (Lipinski definition) is 0. The maximum atomic E-state index is 13.8. The van der Waals surface area contributed by atoms with Gasteiger partial charge < -0.3 is 14.2 Å². The minimum Gasteiger partial charge on any atom is -0.496 e. The number of carbonyl (C=O) groups excluding carboxylic acids is 1. The number of halogens is 1. The zero-order chi connectivity index (χ0) is 26.0. The van der Waals surface area contributed by atoms with E-state index in [2.05, 4.69) is 4.99 Å². The van der Waals surface area contributed by atoms with Gasteiger partial charge in [0.2, 0.25) is 0 Å². The van der Waals surface area contributed by atoms with Gasteiger partial charge >= 0.3 is 5.97 Å². The average Bonchev–Trinajstić information content (AvgIpc) is 3.14. The van der Waals surface area contributed by atoms with Crippen LogP contribution in [0.25, 0.3) is 6.08 Å². The molecular formula is C27H27ClN2O5S. The van der Waals surface area contributed by atoms with E-state index in [1.165, 1.54) is 15.9 Å². The molecule has 2 heterocycles. The Morgan fingerprint density at radius 3 is 2.67 bits per heavy atom. The fourth-order valence-corrected chi connectivity index (χ4v) is 5.33. The lowest BCUT2D eigenvalue weighted by Gasteiger charge is -2.25. The first-order valence-corrected chi connectivity index (χ1v) is 12.7. The molecule has 0 N–H and O–H groups in total. The second-order valence-corrected chi connectivity index (χ2v) is 9.84. The van der Waals surface area contributed by atoms with Gasteiger partial charge in [-0.15, -0.1) is 0 Å². The highest BCUT2D eigenvalue weighted by atomic mass is 35.5. The quantitative estimate of drug-likeness (QED) is 0.430. The van der Waals surface area contributed by atoms with E-state index in [1.807, 2.05) is 32.0 Å². The highest BCUT2D eigenvalue weighted by molar-refractivity contribution is 7.07. The van der Waals surface area contributed by atoms with Crippen LogP contribution in [-0.4, -0.2) is 30.4 Å². The summed E-state index contributed by atoms with van der Waals surface area (Å²) in [5.41, 5.74) is 1.84. The van der Waals surface area contributed by atoms with E-state index in [0.29, 0.717) is 48.3 Å². The summed E-state index contributed by atoms with van der Waals surface area (Å²) < 4.78 is 18.8. The molecule has 0 amide bonds. The monoisotopic (exact) mass is 526 g/mol. The lowest BCUT2D eigenvalue weighted by molar-refractivity contribution is -0.139. The number of hydrogen-bond acceptors (Lipinski definition) is 7. The summed E-state index contributed by atoms with van der Waals surface area (Å²) >= 11 is 7.49. The van der Waals surface area contributed by atoms with E-state index in [4.69, 9.17) is 25.8 Å². The zero-order valence-electron chi connectivity index (χ0n) is 20.7. The summed E-state index contributed by atoms with van der Waals surface area (Å²) in [6.07, 6.45) is 1.69. The number of fused-ring (bicyclic) bond motifs is 1. The summed E-state index contributed by atoms with van der Waals surface area (Å²) in [6.45, 7) is 7.55. The number of para-hydroxylation sites is 1. The molecule has 0 unspecified atom stereocenters. The van der Waals surface area contributed by atoms with Gasteiger partial charge in [0, 0.05) is 16.1 Å². The summed E-state index contributed by atoms with van der Waals surface area (Å²) in [6, 6.07) is 11.8.